The lowest BCUT2D eigenvalue weighted by Crippen LogP contribution is -2.51. The molecule has 0 aromatic heterocycles. The second kappa shape index (κ2) is 4.04. The molecular weight excluding hydrogens is 176 g/mol. The highest BCUT2D eigenvalue weighted by molar-refractivity contribution is 5.79. The monoisotopic (exact) mass is 194 g/mol. The van der Waals surface area contributed by atoms with Crippen LogP contribution in [0.3, 0.4) is 0 Å². The molecule has 1 fully saturated rings. The lowest BCUT2D eigenvalue weighted by molar-refractivity contribution is -0.196. The van der Waals surface area contributed by atoms with Crippen molar-refractivity contribution < 1.29 is 9.53 Å². The summed E-state index contributed by atoms with van der Waals surface area (Å²) < 4.78 is 5.12. The SMILES string of the molecule is C#CCCC[C@H]1OC(=O)[C@@H]1C(C)(C)C. The molecule has 1 saturated heterocycles. The number of terminal acetylenes is 1. The van der Waals surface area contributed by atoms with E-state index in [4.69, 9.17) is 11.2 Å². The molecule has 1 rings (SSSR count). The lowest BCUT2D eigenvalue weighted by atomic mass is 9.73. The zero-order valence-corrected chi connectivity index (χ0v) is 9.17. The van der Waals surface area contributed by atoms with Crippen LogP contribution in [0.1, 0.15) is 40.0 Å². The van der Waals surface area contributed by atoms with Gasteiger partial charge in [-0.25, -0.2) is 0 Å². The Balaban J connectivity index is 2.42. The minimum Gasteiger partial charge on any atom is -0.461 e. The molecule has 78 valence electrons. The molecule has 0 aliphatic carbocycles. The Kier molecular flexibility index (Phi) is 3.21. The van der Waals surface area contributed by atoms with Crippen molar-refractivity contribution in [1.82, 2.24) is 0 Å². The fourth-order valence-electron chi connectivity index (χ4n) is 1.91. The number of unbranched alkanes of at least 4 members (excludes halogenated alkanes) is 1. The van der Waals surface area contributed by atoms with Crippen molar-refractivity contribution in [3.05, 3.63) is 0 Å². The number of hydrogen-bond donors (Lipinski definition) is 0. The van der Waals surface area contributed by atoms with Crippen molar-refractivity contribution in [3.8, 4) is 12.3 Å². The third kappa shape index (κ3) is 2.29. The Morgan fingerprint density at radius 3 is 2.57 bits per heavy atom. The molecule has 0 amide bonds. The minimum atomic E-state index is -0.0526. The second-order valence-corrected chi connectivity index (χ2v) is 4.92. The summed E-state index contributed by atoms with van der Waals surface area (Å²) in [5, 5.41) is 0. The number of ether oxygens (including phenoxy) is 1. The van der Waals surface area contributed by atoms with Crippen LogP contribution in [0, 0.1) is 23.7 Å². The quantitative estimate of drug-likeness (QED) is 0.392. The predicted molar refractivity (Wildman–Crippen MR) is 55.5 cm³/mol. The van der Waals surface area contributed by atoms with E-state index in [0.29, 0.717) is 0 Å². The van der Waals surface area contributed by atoms with Gasteiger partial charge in [0, 0.05) is 6.42 Å². The normalized spacial score (nSPS) is 26.3. The molecule has 0 bridgehead atoms. The van der Waals surface area contributed by atoms with Crippen molar-refractivity contribution >= 4 is 5.97 Å². The number of carbonyl (C=O) groups is 1. The van der Waals surface area contributed by atoms with E-state index in [-0.39, 0.29) is 23.4 Å². The molecule has 1 aliphatic rings. The first-order chi connectivity index (χ1) is 6.46. The van der Waals surface area contributed by atoms with Crippen LogP contribution in [0.15, 0.2) is 0 Å². The van der Waals surface area contributed by atoms with Crippen LogP contribution in [-0.2, 0) is 9.53 Å². The molecule has 0 aromatic rings. The fraction of sp³-hybridized carbons (Fsp3) is 0.750. The van der Waals surface area contributed by atoms with Gasteiger partial charge in [0.1, 0.15) is 6.10 Å². The average Bonchev–Trinajstić information content (AvgIpc) is 1.99. The molecule has 0 saturated carbocycles. The van der Waals surface area contributed by atoms with Crippen LogP contribution in [0.5, 0.6) is 0 Å². The predicted octanol–water partition coefficient (Wildman–Crippen LogP) is 2.38. The summed E-state index contributed by atoms with van der Waals surface area (Å²) in [4.78, 5) is 11.3. The molecule has 1 heterocycles. The summed E-state index contributed by atoms with van der Waals surface area (Å²) in [6, 6.07) is 0. The first-order valence-electron chi connectivity index (χ1n) is 5.11. The molecule has 0 spiro atoms. The molecule has 14 heavy (non-hydrogen) atoms. The maximum atomic E-state index is 11.3. The van der Waals surface area contributed by atoms with Crippen LogP contribution in [0.4, 0.5) is 0 Å². The van der Waals surface area contributed by atoms with Crippen molar-refractivity contribution in [2.45, 2.75) is 46.1 Å². The molecule has 0 N–H and O–H groups in total. The zero-order valence-electron chi connectivity index (χ0n) is 9.17. The topological polar surface area (TPSA) is 26.3 Å². The largest absolute Gasteiger partial charge is 0.461 e. The first kappa shape index (κ1) is 11.1. The maximum Gasteiger partial charge on any atom is 0.313 e. The van der Waals surface area contributed by atoms with Gasteiger partial charge in [0.2, 0.25) is 0 Å². The Bertz CT molecular complexity index is 254. The number of cyclic esters (lactones) is 1. The lowest BCUT2D eigenvalue weighted by Gasteiger charge is -2.42. The van der Waals surface area contributed by atoms with Crippen molar-refractivity contribution in [2.75, 3.05) is 0 Å². The first-order valence-corrected chi connectivity index (χ1v) is 5.11. The molecule has 2 atom stereocenters. The third-order valence-corrected chi connectivity index (χ3v) is 2.64. The summed E-state index contributed by atoms with van der Waals surface area (Å²) in [6.45, 7) is 6.23. The summed E-state index contributed by atoms with van der Waals surface area (Å²) >= 11 is 0. The smallest absolute Gasteiger partial charge is 0.313 e. The van der Waals surface area contributed by atoms with E-state index in [1.54, 1.807) is 0 Å². The molecular formula is C12H18O2. The van der Waals surface area contributed by atoms with Crippen LogP contribution >= 0.6 is 0 Å². The summed E-state index contributed by atoms with van der Waals surface area (Å²) in [5.41, 5.74) is 0.0101. The standard InChI is InChI=1S/C12H18O2/c1-5-6-7-8-9-10(11(13)14-9)12(2,3)4/h1,9-10H,6-8H2,2-4H3/t9-,10-/m1/s1. The van der Waals surface area contributed by atoms with Gasteiger partial charge in [0.15, 0.2) is 0 Å². The highest BCUT2D eigenvalue weighted by atomic mass is 16.6. The van der Waals surface area contributed by atoms with E-state index in [1.807, 2.05) is 0 Å². The average molecular weight is 194 g/mol. The second-order valence-electron chi connectivity index (χ2n) is 4.92. The molecule has 0 unspecified atom stereocenters. The third-order valence-electron chi connectivity index (χ3n) is 2.64. The van der Waals surface area contributed by atoms with E-state index in [0.717, 1.165) is 19.3 Å². The summed E-state index contributed by atoms with van der Waals surface area (Å²) in [7, 11) is 0. The molecule has 0 aromatic carbocycles. The van der Waals surface area contributed by atoms with Gasteiger partial charge < -0.3 is 4.74 Å². The van der Waals surface area contributed by atoms with Crippen molar-refractivity contribution in [1.29, 1.82) is 0 Å². The van der Waals surface area contributed by atoms with Crippen molar-refractivity contribution in [2.24, 2.45) is 11.3 Å². The summed E-state index contributed by atoms with van der Waals surface area (Å²) in [5.74, 6) is 2.60. The number of esters is 1. The van der Waals surface area contributed by atoms with Gasteiger partial charge in [-0.1, -0.05) is 20.8 Å². The van der Waals surface area contributed by atoms with Crippen LogP contribution in [0.2, 0.25) is 0 Å². The van der Waals surface area contributed by atoms with E-state index >= 15 is 0 Å². The maximum absolute atomic E-state index is 11.3. The van der Waals surface area contributed by atoms with Crippen LogP contribution < -0.4 is 0 Å². The fourth-order valence-corrected chi connectivity index (χ4v) is 1.91. The molecule has 2 heteroatoms. The summed E-state index contributed by atoms with van der Waals surface area (Å²) in [6.07, 6.45) is 7.87. The van der Waals surface area contributed by atoms with E-state index < -0.39 is 0 Å². The van der Waals surface area contributed by atoms with Gasteiger partial charge in [0.25, 0.3) is 0 Å². The number of hydrogen-bond acceptors (Lipinski definition) is 2. The van der Waals surface area contributed by atoms with Gasteiger partial charge in [-0.15, -0.1) is 12.3 Å². The number of rotatable bonds is 3. The van der Waals surface area contributed by atoms with Gasteiger partial charge in [-0.05, 0) is 18.3 Å². The van der Waals surface area contributed by atoms with Crippen molar-refractivity contribution in [3.63, 3.8) is 0 Å². The minimum absolute atomic E-state index is 0.0101. The van der Waals surface area contributed by atoms with E-state index in [2.05, 4.69) is 26.7 Å². The van der Waals surface area contributed by atoms with Gasteiger partial charge >= 0.3 is 5.97 Å². The Morgan fingerprint density at radius 1 is 1.50 bits per heavy atom. The van der Waals surface area contributed by atoms with E-state index in [1.165, 1.54) is 0 Å². The van der Waals surface area contributed by atoms with E-state index in [9.17, 15) is 4.79 Å². The van der Waals surface area contributed by atoms with Gasteiger partial charge in [0.05, 0.1) is 5.92 Å². The Labute approximate surface area is 86.0 Å². The Hall–Kier alpha value is -0.970. The molecule has 0 radical (unpaired) electrons. The molecule has 2 nitrogen and oxygen atoms in total. The van der Waals surface area contributed by atoms with Gasteiger partial charge in [-0.2, -0.15) is 0 Å². The van der Waals surface area contributed by atoms with Gasteiger partial charge in [-0.3, -0.25) is 4.79 Å². The van der Waals surface area contributed by atoms with Crippen LogP contribution in [0.25, 0.3) is 0 Å². The zero-order chi connectivity index (χ0) is 10.8. The highest BCUT2D eigenvalue weighted by Crippen LogP contribution is 2.40. The Morgan fingerprint density at radius 2 is 2.14 bits per heavy atom. The number of carbonyl (C=O) groups excluding carboxylic acids is 1. The molecule has 1 aliphatic heterocycles. The highest BCUT2D eigenvalue weighted by Gasteiger charge is 2.48. The van der Waals surface area contributed by atoms with Crippen LogP contribution in [-0.4, -0.2) is 12.1 Å².